The van der Waals surface area contributed by atoms with E-state index in [1.807, 2.05) is 0 Å². The zero-order valence-corrected chi connectivity index (χ0v) is 16.4. The minimum atomic E-state index is 0.347. The summed E-state index contributed by atoms with van der Waals surface area (Å²) in [5, 5.41) is 1.23. The van der Waals surface area contributed by atoms with Gasteiger partial charge in [-0.1, -0.05) is 86.6 Å². The Morgan fingerprint density at radius 2 is 1.18 bits per heavy atom. The Morgan fingerprint density at radius 1 is 0.773 bits per heavy atom. The minimum Gasteiger partial charge on any atom is -0.300 e. The molecule has 22 heavy (non-hydrogen) atoms. The van der Waals surface area contributed by atoms with E-state index in [-0.39, 0.29) is 0 Å². The van der Waals surface area contributed by atoms with Gasteiger partial charge in [0.1, 0.15) is 5.78 Å². The van der Waals surface area contributed by atoms with Gasteiger partial charge >= 0.3 is 0 Å². The molecule has 0 N–H and O–H groups in total. The van der Waals surface area contributed by atoms with Crippen molar-refractivity contribution in [1.82, 2.24) is 0 Å². The topological polar surface area (TPSA) is 17.1 Å². The summed E-state index contributed by atoms with van der Waals surface area (Å²) in [6, 6.07) is 0. The second kappa shape index (κ2) is 12.6. The molecule has 0 aromatic heterocycles. The SMILES string of the molecule is CC(=O)CCCCCCCCCCCCCCC1(CBr)CC1. The summed E-state index contributed by atoms with van der Waals surface area (Å²) in [4.78, 5) is 10.8. The van der Waals surface area contributed by atoms with Crippen LogP contribution in [-0.4, -0.2) is 11.1 Å². The first-order chi connectivity index (χ1) is 10.7. The Hall–Kier alpha value is 0.150. The van der Waals surface area contributed by atoms with E-state index in [0.29, 0.717) is 5.78 Å². The number of Topliss-reactive ketones (excluding diaryl/α,β-unsaturated/α-hetero) is 1. The summed E-state index contributed by atoms with van der Waals surface area (Å²) < 4.78 is 0. The molecule has 1 rings (SSSR count). The minimum absolute atomic E-state index is 0.347. The zero-order valence-electron chi connectivity index (χ0n) is 14.8. The first-order valence-corrected chi connectivity index (χ1v) is 10.9. The van der Waals surface area contributed by atoms with Crippen molar-refractivity contribution in [1.29, 1.82) is 0 Å². The van der Waals surface area contributed by atoms with Crippen LogP contribution in [0.15, 0.2) is 0 Å². The van der Waals surface area contributed by atoms with E-state index >= 15 is 0 Å². The average Bonchev–Trinajstić information content (AvgIpc) is 3.28. The lowest BCUT2D eigenvalue weighted by Gasteiger charge is -2.10. The van der Waals surface area contributed by atoms with Gasteiger partial charge in [0.2, 0.25) is 0 Å². The Bertz CT molecular complexity index is 283. The van der Waals surface area contributed by atoms with E-state index in [4.69, 9.17) is 0 Å². The monoisotopic (exact) mass is 372 g/mol. The quantitative estimate of drug-likeness (QED) is 0.206. The molecule has 0 saturated heterocycles. The molecule has 1 aliphatic carbocycles. The van der Waals surface area contributed by atoms with Crippen LogP contribution >= 0.6 is 15.9 Å². The molecular weight excluding hydrogens is 336 g/mol. The van der Waals surface area contributed by atoms with Gasteiger partial charge in [-0.25, -0.2) is 0 Å². The molecule has 130 valence electrons. The van der Waals surface area contributed by atoms with Gasteiger partial charge in [-0.3, -0.25) is 0 Å². The number of unbranched alkanes of at least 4 members (excludes halogenated alkanes) is 11. The Balaban J connectivity index is 1.69. The maximum atomic E-state index is 10.8. The average molecular weight is 373 g/mol. The molecule has 0 unspecified atom stereocenters. The number of carbonyl (C=O) groups excluding carboxylic acids is 1. The van der Waals surface area contributed by atoms with E-state index in [1.165, 1.54) is 95.2 Å². The van der Waals surface area contributed by atoms with Crippen molar-refractivity contribution >= 4 is 21.7 Å². The van der Waals surface area contributed by atoms with Gasteiger partial charge in [-0.05, 0) is 38.0 Å². The number of carbonyl (C=O) groups is 1. The van der Waals surface area contributed by atoms with E-state index in [9.17, 15) is 4.79 Å². The lowest BCUT2D eigenvalue weighted by Crippen LogP contribution is -2.00. The van der Waals surface area contributed by atoms with Crippen LogP contribution in [0.2, 0.25) is 0 Å². The van der Waals surface area contributed by atoms with Crippen molar-refractivity contribution < 1.29 is 4.79 Å². The van der Waals surface area contributed by atoms with E-state index < -0.39 is 0 Å². The van der Waals surface area contributed by atoms with E-state index in [1.54, 1.807) is 6.92 Å². The van der Waals surface area contributed by atoms with Gasteiger partial charge in [0, 0.05) is 11.8 Å². The lowest BCUT2D eigenvalue weighted by molar-refractivity contribution is -0.117. The molecule has 0 bridgehead atoms. The highest BCUT2D eigenvalue weighted by molar-refractivity contribution is 9.09. The fraction of sp³-hybridized carbons (Fsp3) is 0.950. The molecule has 1 aliphatic rings. The van der Waals surface area contributed by atoms with Crippen LogP contribution in [0.3, 0.4) is 0 Å². The summed E-state index contributed by atoms with van der Waals surface area (Å²) in [5.74, 6) is 0.347. The zero-order chi connectivity index (χ0) is 16.1. The number of hydrogen-bond acceptors (Lipinski definition) is 1. The summed E-state index contributed by atoms with van der Waals surface area (Å²) in [5.41, 5.74) is 0.727. The molecule has 1 fully saturated rings. The predicted octanol–water partition coefficient (Wildman–Crippen LogP) is 7.21. The van der Waals surface area contributed by atoms with Crippen molar-refractivity contribution in [3.05, 3.63) is 0 Å². The smallest absolute Gasteiger partial charge is 0.129 e. The second-order valence-corrected chi connectivity index (χ2v) is 8.14. The highest BCUT2D eigenvalue weighted by Gasteiger charge is 2.40. The summed E-state index contributed by atoms with van der Waals surface area (Å²) in [7, 11) is 0. The number of hydrogen-bond donors (Lipinski definition) is 0. The largest absolute Gasteiger partial charge is 0.300 e. The number of rotatable bonds is 16. The molecule has 1 saturated carbocycles. The van der Waals surface area contributed by atoms with Gasteiger partial charge in [0.05, 0.1) is 0 Å². The number of halogens is 1. The molecule has 0 aromatic rings. The lowest BCUT2D eigenvalue weighted by atomic mass is 9.99. The maximum Gasteiger partial charge on any atom is 0.129 e. The first-order valence-electron chi connectivity index (χ1n) is 9.74. The van der Waals surface area contributed by atoms with Crippen molar-refractivity contribution in [3.8, 4) is 0 Å². The third kappa shape index (κ3) is 10.8. The summed E-state index contributed by atoms with van der Waals surface area (Å²) in [6.07, 6.45) is 21.7. The summed E-state index contributed by atoms with van der Waals surface area (Å²) >= 11 is 3.66. The molecule has 0 radical (unpaired) electrons. The standard InChI is InChI=1S/C20H37BrO/c1-19(22)14-12-10-8-6-4-2-3-5-7-9-11-13-15-20(18-21)16-17-20/h2-18H2,1H3. The molecule has 0 heterocycles. The highest BCUT2D eigenvalue weighted by Crippen LogP contribution is 2.51. The molecule has 0 aliphatic heterocycles. The Labute approximate surface area is 147 Å². The number of ketones is 1. The number of alkyl halides is 1. The highest BCUT2D eigenvalue weighted by atomic mass is 79.9. The summed E-state index contributed by atoms with van der Waals surface area (Å²) in [6.45, 7) is 1.70. The molecule has 0 atom stereocenters. The van der Waals surface area contributed by atoms with Crippen LogP contribution in [0.25, 0.3) is 0 Å². The Morgan fingerprint density at radius 3 is 1.55 bits per heavy atom. The molecule has 2 heteroatoms. The Kier molecular flexibility index (Phi) is 11.5. The van der Waals surface area contributed by atoms with Crippen LogP contribution in [0.5, 0.6) is 0 Å². The van der Waals surface area contributed by atoms with Crippen molar-refractivity contribution in [3.63, 3.8) is 0 Å². The van der Waals surface area contributed by atoms with Gasteiger partial charge in [-0.2, -0.15) is 0 Å². The van der Waals surface area contributed by atoms with Crippen LogP contribution in [0, 0.1) is 5.41 Å². The third-order valence-corrected chi connectivity index (χ3v) is 6.42. The van der Waals surface area contributed by atoms with Gasteiger partial charge in [0.15, 0.2) is 0 Å². The first kappa shape index (κ1) is 20.2. The predicted molar refractivity (Wildman–Crippen MR) is 101 cm³/mol. The van der Waals surface area contributed by atoms with Crippen molar-refractivity contribution in [2.24, 2.45) is 5.41 Å². The molecule has 0 amide bonds. The van der Waals surface area contributed by atoms with Gasteiger partial charge in [0.25, 0.3) is 0 Å². The third-order valence-electron chi connectivity index (χ3n) is 5.23. The second-order valence-electron chi connectivity index (χ2n) is 7.58. The van der Waals surface area contributed by atoms with E-state index in [0.717, 1.165) is 18.3 Å². The van der Waals surface area contributed by atoms with Crippen LogP contribution < -0.4 is 0 Å². The normalized spacial score (nSPS) is 15.9. The van der Waals surface area contributed by atoms with Crippen molar-refractivity contribution in [2.75, 3.05) is 5.33 Å². The van der Waals surface area contributed by atoms with E-state index in [2.05, 4.69) is 15.9 Å². The fourth-order valence-electron chi connectivity index (χ4n) is 3.27. The maximum absolute atomic E-state index is 10.8. The molecule has 0 spiro atoms. The van der Waals surface area contributed by atoms with Gasteiger partial charge < -0.3 is 4.79 Å². The van der Waals surface area contributed by atoms with Crippen LogP contribution in [0.4, 0.5) is 0 Å². The van der Waals surface area contributed by atoms with Crippen LogP contribution in [0.1, 0.15) is 110 Å². The fourth-order valence-corrected chi connectivity index (χ4v) is 4.11. The molecular formula is C20H37BrO. The van der Waals surface area contributed by atoms with Crippen molar-refractivity contribution in [2.45, 2.75) is 110 Å². The molecule has 0 aromatic carbocycles. The molecule has 1 nitrogen and oxygen atoms in total. The van der Waals surface area contributed by atoms with Gasteiger partial charge in [-0.15, -0.1) is 0 Å². The van der Waals surface area contributed by atoms with Crippen LogP contribution in [-0.2, 0) is 4.79 Å².